The second kappa shape index (κ2) is 7.34. The molecular formula is C21H33N3O2. The number of amidine groups is 1. The Morgan fingerprint density at radius 3 is 2.69 bits per heavy atom. The monoisotopic (exact) mass is 359 g/mol. The van der Waals surface area contributed by atoms with Crippen LogP contribution >= 0.6 is 0 Å². The highest BCUT2D eigenvalue weighted by Gasteiger charge is 2.43. The Hall–Kier alpha value is -1.36. The van der Waals surface area contributed by atoms with Crippen LogP contribution in [-0.2, 0) is 9.53 Å². The van der Waals surface area contributed by atoms with Crippen molar-refractivity contribution in [2.45, 2.75) is 83.0 Å². The average Bonchev–Trinajstić information content (AvgIpc) is 2.99. The molecule has 2 saturated carbocycles. The molecule has 144 valence electrons. The Labute approximate surface area is 157 Å². The number of nitrogens with zero attached hydrogens (tertiary/aromatic N) is 3. The minimum atomic E-state index is -0.157. The maximum Gasteiger partial charge on any atom is 0.341 e. The molecule has 0 aromatic rings. The van der Waals surface area contributed by atoms with Crippen molar-refractivity contribution in [1.29, 1.82) is 0 Å². The molecule has 2 fully saturated rings. The summed E-state index contributed by atoms with van der Waals surface area (Å²) < 4.78 is 5.95. The van der Waals surface area contributed by atoms with Crippen LogP contribution in [0.1, 0.15) is 58.8 Å². The van der Waals surface area contributed by atoms with Crippen LogP contribution in [0.25, 0.3) is 0 Å². The zero-order valence-electron chi connectivity index (χ0n) is 16.5. The average molecular weight is 360 g/mol. The number of esters is 1. The second-order valence-corrected chi connectivity index (χ2v) is 8.36. The summed E-state index contributed by atoms with van der Waals surface area (Å²) in [6.07, 6.45) is 10.4. The van der Waals surface area contributed by atoms with Crippen molar-refractivity contribution in [3.8, 4) is 0 Å². The lowest BCUT2D eigenvalue weighted by Crippen LogP contribution is -2.47. The molecule has 4 rings (SSSR count). The highest BCUT2D eigenvalue weighted by Crippen LogP contribution is 2.37. The van der Waals surface area contributed by atoms with Crippen LogP contribution < -0.4 is 0 Å². The molecule has 0 aromatic carbocycles. The van der Waals surface area contributed by atoms with E-state index in [2.05, 4.69) is 36.8 Å². The van der Waals surface area contributed by atoms with Crippen LogP contribution in [0.4, 0.5) is 0 Å². The van der Waals surface area contributed by atoms with Crippen molar-refractivity contribution in [3.05, 3.63) is 11.6 Å². The van der Waals surface area contributed by atoms with Gasteiger partial charge in [0.05, 0.1) is 17.7 Å². The van der Waals surface area contributed by atoms with Gasteiger partial charge in [-0.2, -0.15) is 0 Å². The number of carbonyl (C=O) groups is 1. The van der Waals surface area contributed by atoms with Crippen molar-refractivity contribution >= 4 is 11.8 Å². The molecule has 0 saturated heterocycles. The Balaban J connectivity index is 1.51. The fraction of sp³-hybridized carbons (Fsp3) is 0.810. The number of rotatable bonds is 4. The molecule has 4 aliphatic rings. The fourth-order valence-corrected chi connectivity index (χ4v) is 5.54. The SMILES string of the molecule is CCN(CC)C1CCC2C=C(C3=NC4CCCCC4N3C)C(=O)OC2C1. The highest BCUT2D eigenvalue weighted by molar-refractivity contribution is 6.19. The molecule has 5 nitrogen and oxygen atoms in total. The first kappa shape index (κ1) is 18.0. The number of aliphatic imine (C=N–C) groups is 1. The number of ether oxygens (including phenoxy) is 1. The summed E-state index contributed by atoms with van der Waals surface area (Å²) in [5, 5.41) is 0. The van der Waals surface area contributed by atoms with Gasteiger partial charge in [0, 0.05) is 25.4 Å². The van der Waals surface area contributed by atoms with E-state index in [-0.39, 0.29) is 12.1 Å². The summed E-state index contributed by atoms with van der Waals surface area (Å²) in [5.41, 5.74) is 0.726. The molecule has 2 aliphatic carbocycles. The van der Waals surface area contributed by atoms with E-state index in [0.717, 1.165) is 43.8 Å². The van der Waals surface area contributed by atoms with Crippen molar-refractivity contribution in [3.63, 3.8) is 0 Å². The third kappa shape index (κ3) is 3.08. The van der Waals surface area contributed by atoms with E-state index in [1.54, 1.807) is 0 Å². The minimum absolute atomic E-state index is 0.0418. The first-order valence-corrected chi connectivity index (χ1v) is 10.6. The molecule has 0 spiro atoms. The van der Waals surface area contributed by atoms with Gasteiger partial charge in [-0.1, -0.05) is 32.8 Å². The van der Waals surface area contributed by atoms with Gasteiger partial charge in [-0.3, -0.25) is 4.99 Å². The molecule has 5 atom stereocenters. The van der Waals surface area contributed by atoms with Gasteiger partial charge in [0.2, 0.25) is 0 Å². The number of hydrogen-bond acceptors (Lipinski definition) is 5. The van der Waals surface area contributed by atoms with Gasteiger partial charge >= 0.3 is 5.97 Å². The van der Waals surface area contributed by atoms with Crippen LogP contribution in [0, 0.1) is 5.92 Å². The normalized spacial score (nSPS) is 37.0. The zero-order chi connectivity index (χ0) is 18.3. The lowest BCUT2D eigenvalue weighted by atomic mass is 9.80. The molecule has 0 radical (unpaired) electrons. The van der Waals surface area contributed by atoms with Crippen LogP contribution in [0.2, 0.25) is 0 Å². The van der Waals surface area contributed by atoms with Crippen molar-refractivity contribution < 1.29 is 9.53 Å². The van der Waals surface area contributed by atoms with E-state index in [1.165, 1.54) is 25.7 Å². The molecule has 0 bridgehead atoms. The molecule has 0 aromatic heterocycles. The Bertz CT molecular complexity index is 610. The van der Waals surface area contributed by atoms with Crippen LogP contribution in [-0.4, -0.2) is 66.0 Å². The summed E-state index contributed by atoms with van der Waals surface area (Å²) in [7, 11) is 2.10. The van der Waals surface area contributed by atoms with Gasteiger partial charge < -0.3 is 14.5 Å². The predicted molar refractivity (Wildman–Crippen MR) is 103 cm³/mol. The molecule has 0 N–H and O–H groups in total. The van der Waals surface area contributed by atoms with Crippen LogP contribution in [0.15, 0.2) is 16.6 Å². The first-order chi connectivity index (χ1) is 12.6. The molecule has 5 unspecified atom stereocenters. The maximum atomic E-state index is 12.8. The lowest BCUT2D eigenvalue weighted by molar-refractivity contribution is -0.150. The Kier molecular flexibility index (Phi) is 5.09. The quantitative estimate of drug-likeness (QED) is 0.724. The fourth-order valence-electron chi connectivity index (χ4n) is 5.54. The van der Waals surface area contributed by atoms with E-state index in [1.807, 2.05) is 0 Å². The van der Waals surface area contributed by atoms with E-state index in [0.29, 0.717) is 24.0 Å². The molecule has 26 heavy (non-hydrogen) atoms. The molecule has 5 heteroatoms. The zero-order valence-corrected chi connectivity index (χ0v) is 16.5. The van der Waals surface area contributed by atoms with Crippen molar-refractivity contribution in [1.82, 2.24) is 9.80 Å². The highest BCUT2D eigenvalue weighted by atomic mass is 16.5. The number of carbonyl (C=O) groups excluding carboxylic acids is 1. The molecule has 2 aliphatic heterocycles. The number of likely N-dealkylation sites (N-methyl/N-ethyl adjacent to an activating group) is 1. The summed E-state index contributed by atoms with van der Waals surface area (Å²) in [6.45, 7) is 6.57. The Morgan fingerprint density at radius 2 is 1.96 bits per heavy atom. The number of fused-ring (bicyclic) bond motifs is 2. The van der Waals surface area contributed by atoms with E-state index in [4.69, 9.17) is 9.73 Å². The van der Waals surface area contributed by atoms with Gasteiger partial charge in [0.15, 0.2) is 0 Å². The van der Waals surface area contributed by atoms with Gasteiger partial charge in [-0.25, -0.2) is 4.79 Å². The van der Waals surface area contributed by atoms with E-state index >= 15 is 0 Å². The lowest BCUT2D eigenvalue weighted by Gasteiger charge is -2.41. The van der Waals surface area contributed by atoms with Gasteiger partial charge in [0.1, 0.15) is 11.9 Å². The molecule has 2 heterocycles. The molecule has 0 amide bonds. The van der Waals surface area contributed by atoms with Gasteiger partial charge in [0.25, 0.3) is 0 Å². The van der Waals surface area contributed by atoms with Gasteiger partial charge in [-0.15, -0.1) is 0 Å². The topological polar surface area (TPSA) is 45.1 Å². The van der Waals surface area contributed by atoms with E-state index in [9.17, 15) is 4.79 Å². The summed E-state index contributed by atoms with van der Waals surface area (Å²) >= 11 is 0. The summed E-state index contributed by atoms with van der Waals surface area (Å²) in [6, 6.07) is 1.39. The second-order valence-electron chi connectivity index (χ2n) is 8.36. The van der Waals surface area contributed by atoms with Crippen LogP contribution in [0.5, 0.6) is 0 Å². The predicted octanol–water partition coefficient (Wildman–Crippen LogP) is 3.00. The van der Waals surface area contributed by atoms with Gasteiger partial charge in [-0.05, 0) is 38.8 Å². The summed E-state index contributed by atoms with van der Waals surface area (Å²) in [4.78, 5) is 22.5. The summed E-state index contributed by atoms with van der Waals surface area (Å²) in [5.74, 6) is 1.08. The van der Waals surface area contributed by atoms with Crippen LogP contribution in [0.3, 0.4) is 0 Å². The maximum absolute atomic E-state index is 12.8. The largest absolute Gasteiger partial charge is 0.458 e. The smallest absolute Gasteiger partial charge is 0.341 e. The van der Waals surface area contributed by atoms with Crippen molar-refractivity contribution in [2.75, 3.05) is 20.1 Å². The minimum Gasteiger partial charge on any atom is -0.458 e. The standard InChI is InChI=1S/C21H33N3O2/c1-4-24(5-2)15-11-10-14-12-16(21(25)26-19(14)13-15)20-22-17-8-6-7-9-18(17)23(20)3/h12,14-15,17-19H,4-11,13H2,1-3H3. The molecular weight excluding hydrogens is 326 g/mol. The number of hydrogen-bond donors (Lipinski definition) is 0. The van der Waals surface area contributed by atoms with E-state index < -0.39 is 0 Å². The third-order valence-electron chi connectivity index (χ3n) is 7.06. The Morgan fingerprint density at radius 1 is 1.19 bits per heavy atom. The third-order valence-corrected chi connectivity index (χ3v) is 7.06. The first-order valence-electron chi connectivity index (χ1n) is 10.6. The van der Waals surface area contributed by atoms with Crippen molar-refractivity contribution in [2.24, 2.45) is 10.9 Å².